The molecule has 10 heteroatoms. The van der Waals surface area contributed by atoms with Gasteiger partial charge >= 0.3 is 5.97 Å². The van der Waals surface area contributed by atoms with Crippen LogP contribution in [0.2, 0.25) is 0 Å². The van der Waals surface area contributed by atoms with Crippen LogP contribution >= 0.6 is 0 Å². The first kappa shape index (κ1) is 24.1. The average molecular weight is 497 g/mol. The number of benzene rings is 3. The van der Waals surface area contributed by atoms with Gasteiger partial charge in [-0.2, -0.15) is 8.42 Å². The Morgan fingerprint density at radius 2 is 1.54 bits per heavy atom. The van der Waals surface area contributed by atoms with E-state index in [0.717, 1.165) is 0 Å². The number of sulfonamides is 1. The number of ether oxygens (including phenoxy) is 4. The Kier molecular flexibility index (Phi) is 6.92. The molecule has 3 aromatic rings. The number of amidine groups is 1. The summed E-state index contributed by atoms with van der Waals surface area (Å²) in [7, 11) is 0.654. The van der Waals surface area contributed by atoms with Gasteiger partial charge in [0.25, 0.3) is 10.0 Å². The molecule has 0 fully saturated rings. The number of nitrogens with zero attached hydrogens (tertiary/aromatic N) is 2. The van der Waals surface area contributed by atoms with E-state index < -0.39 is 16.0 Å². The smallest absolute Gasteiger partial charge is 0.338 e. The van der Waals surface area contributed by atoms with Gasteiger partial charge < -0.3 is 23.8 Å². The monoisotopic (exact) mass is 496 g/mol. The number of para-hydroxylation sites is 2. The molecule has 182 valence electrons. The van der Waals surface area contributed by atoms with Crippen molar-refractivity contribution in [2.75, 3.05) is 39.4 Å². The third kappa shape index (κ3) is 4.78. The van der Waals surface area contributed by atoms with Crippen molar-refractivity contribution in [2.24, 2.45) is 4.40 Å². The fourth-order valence-electron chi connectivity index (χ4n) is 3.75. The molecule has 4 rings (SSSR count). The molecular formula is C25H24N2O7S. The highest BCUT2D eigenvalue weighted by molar-refractivity contribution is 7.90. The summed E-state index contributed by atoms with van der Waals surface area (Å²) in [4.78, 5) is 14.5. The summed E-state index contributed by atoms with van der Waals surface area (Å²) in [6.07, 6.45) is 0. The van der Waals surface area contributed by atoms with Gasteiger partial charge in [-0.05, 0) is 42.5 Å². The van der Waals surface area contributed by atoms with E-state index in [2.05, 4.69) is 4.40 Å². The first-order valence-electron chi connectivity index (χ1n) is 10.6. The van der Waals surface area contributed by atoms with Crippen LogP contribution in [0.5, 0.6) is 17.2 Å². The molecule has 1 heterocycles. The lowest BCUT2D eigenvalue weighted by atomic mass is 10.1. The lowest BCUT2D eigenvalue weighted by Gasteiger charge is -2.26. The molecule has 35 heavy (non-hydrogen) atoms. The summed E-state index contributed by atoms with van der Waals surface area (Å²) in [6, 6.07) is 18.5. The Hall–Kier alpha value is -4.05. The molecular weight excluding hydrogens is 472 g/mol. The van der Waals surface area contributed by atoms with Crippen molar-refractivity contribution in [3.63, 3.8) is 0 Å². The van der Waals surface area contributed by atoms with Crippen LogP contribution in [0.3, 0.4) is 0 Å². The van der Waals surface area contributed by atoms with Crippen LogP contribution in [0.15, 0.2) is 76.0 Å². The van der Waals surface area contributed by atoms with Crippen LogP contribution in [-0.2, 0) is 14.8 Å². The highest BCUT2D eigenvalue weighted by atomic mass is 32.2. The third-order valence-electron chi connectivity index (χ3n) is 5.41. The third-order valence-corrected chi connectivity index (χ3v) is 6.74. The van der Waals surface area contributed by atoms with E-state index in [1.165, 1.54) is 33.5 Å². The fraction of sp³-hybridized carbons (Fsp3) is 0.200. The van der Waals surface area contributed by atoms with E-state index in [1.807, 2.05) is 0 Å². The van der Waals surface area contributed by atoms with E-state index in [1.54, 1.807) is 59.5 Å². The van der Waals surface area contributed by atoms with Crippen LogP contribution in [0, 0.1) is 0 Å². The van der Waals surface area contributed by atoms with Gasteiger partial charge in [0.1, 0.15) is 17.3 Å². The van der Waals surface area contributed by atoms with Crippen molar-refractivity contribution in [3.05, 3.63) is 77.9 Å². The minimum absolute atomic E-state index is 0.0491. The van der Waals surface area contributed by atoms with E-state index >= 15 is 0 Å². The van der Waals surface area contributed by atoms with Gasteiger partial charge in [0.15, 0.2) is 17.3 Å². The molecule has 0 N–H and O–H groups in total. The number of carbonyl (C=O) groups is 1. The van der Waals surface area contributed by atoms with Crippen LogP contribution < -0.4 is 19.1 Å². The first-order valence-corrected chi connectivity index (χ1v) is 12.1. The minimum Gasteiger partial charge on any atom is -0.495 e. The maximum Gasteiger partial charge on any atom is 0.338 e. The molecule has 0 aliphatic carbocycles. The lowest BCUT2D eigenvalue weighted by Crippen LogP contribution is -2.34. The average Bonchev–Trinajstić information content (AvgIpc) is 3.16. The van der Waals surface area contributed by atoms with E-state index in [-0.39, 0.29) is 29.4 Å². The highest BCUT2D eigenvalue weighted by Crippen LogP contribution is 2.34. The fourth-order valence-corrected chi connectivity index (χ4v) is 4.96. The second-order valence-corrected chi connectivity index (χ2v) is 8.99. The predicted octanol–water partition coefficient (Wildman–Crippen LogP) is 3.52. The quantitative estimate of drug-likeness (QED) is 0.437. The van der Waals surface area contributed by atoms with E-state index in [9.17, 15) is 13.2 Å². The summed E-state index contributed by atoms with van der Waals surface area (Å²) < 4.78 is 50.8. The number of anilines is 1. The Balaban J connectivity index is 1.61. The molecule has 0 aromatic heterocycles. The van der Waals surface area contributed by atoms with Crippen molar-refractivity contribution in [2.45, 2.75) is 4.90 Å². The van der Waals surface area contributed by atoms with E-state index in [0.29, 0.717) is 28.5 Å². The zero-order chi connectivity index (χ0) is 25.0. The second kappa shape index (κ2) is 10.1. The summed E-state index contributed by atoms with van der Waals surface area (Å²) in [5, 5.41) is 0. The molecule has 0 saturated carbocycles. The first-order chi connectivity index (χ1) is 16.9. The van der Waals surface area contributed by atoms with Crippen LogP contribution in [0.4, 0.5) is 5.69 Å². The van der Waals surface area contributed by atoms with Gasteiger partial charge in [-0.15, -0.1) is 4.40 Å². The molecule has 0 bridgehead atoms. The van der Waals surface area contributed by atoms with Crippen molar-refractivity contribution in [3.8, 4) is 17.2 Å². The summed E-state index contributed by atoms with van der Waals surface area (Å²) in [6.45, 7) is 0.0779. The Labute approximate surface area is 203 Å². The van der Waals surface area contributed by atoms with Crippen molar-refractivity contribution in [1.29, 1.82) is 0 Å². The molecule has 1 aliphatic rings. The molecule has 0 amide bonds. The SMILES string of the molecule is COc1ccc(C(=O)OCCN(C2=NS(=O)(=O)c3ccccc32)c2ccccc2OC)cc1OC. The number of carbonyl (C=O) groups excluding carboxylic acids is 1. The summed E-state index contributed by atoms with van der Waals surface area (Å²) >= 11 is 0. The van der Waals surface area contributed by atoms with Gasteiger partial charge in [-0.25, -0.2) is 4.79 Å². The minimum atomic E-state index is -3.85. The summed E-state index contributed by atoms with van der Waals surface area (Å²) in [5.41, 5.74) is 1.34. The van der Waals surface area contributed by atoms with Gasteiger partial charge in [-0.1, -0.05) is 24.3 Å². The number of hydrogen-bond acceptors (Lipinski definition) is 8. The number of hydrogen-bond donors (Lipinski definition) is 0. The van der Waals surface area contributed by atoms with Gasteiger partial charge in [0.05, 0.1) is 39.1 Å². The topological polar surface area (TPSA) is 104 Å². The lowest BCUT2D eigenvalue weighted by molar-refractivity contribution is 0.0517. The largest absolute Gasteiger partial charge is 0.495 e. The van der Waals surface area contributed by atoms with Crippen molar-refractivity contribution < 1.29 is 32.2 Å². The number of methoxy groups -OCH3 is 3. The van der Waals surface area contributed by atoms with Crippen LogP contribution in [0.1, 0.15) is 15.9 Å². The van der Waals surface area contributed by atoms with Crippen molar-refractivity contribution >= 4 is 27.5 Å². The van der Waals surface area contributed by atoms with Crippen LogP contribution in [0.25, 0.3) is 0 Å². The van der Waals surface area contributed by atoms with Gasteiger partial charge in [-0.3, -0.25) is 0 Å². The maximum atomic E-state index is 12.7. The normalized spacial score (nSPS) is 13.4. The molecule has 0 unspecified atom stereocenters. The molecule has 1 aliphatic heterocycles. The molecule has 3 aromatic carbocycles. The number of esters is 1. The van der Waals surface area contributed by atoms with Gasteiger partial charge in [0.2, 0.25) is 0 Å². The molecule has 0 atom stereocenters. The standard InChI is InChI=1S/C25H24N2O7S/c1-31-20-10-6-5-9-19(20)27(24-18-8-4-7-11-23(18)35(29,30)26-24)14-15-34-25(28)17-12-13-21(32-2)22(16-17)33-3/h4-13,16H,14-15H2,1-3H3. The highest BCUT2D eigenvalue weighted by Gasteiger charge is 2.33. The maximum absolute atomic E-state index is 12.7. The Morgan fingerprint density at radius 3 is 2.29 bits per heavy atom. The Morgan fingerprint density at radius 1 is 0.857 bits per heavy atom. The predicted molar refractivity (Wildman–Crippen MR) is 130 cm³/mol. The van der Waals surface area contributed by atoms with Crippen molar-refractivity contribution in [1.82, 2.24) is 0 Å². The Bertz CT molecular complexity index is 1390. The molecule has 0 spiro atoms. The second-order valence-electron chi connectivity index (χ2n) is 7.42. The molecule has 0 radical (unpaired) electrons. The summed E-state index contributed by atoms with van der Waals surface area (Å²) in [5.74, 6) is 1.08. The zero-order valence-electron chi connectivity index (χ0n) is 19.4. The van der Waals surface area contributed by atoms with Gasteiger partial charge in [0, 0.05) is 5.56 Å². The van der Waals surface area contributed by atoms with E-state index in [4.69, 9.17) is 18.9 Å². The zero-order valence-corrected chi connectivity index (χ0v) is 20.2. The molecule has 9 nitrogen and oxygen atoms in total. The number of rotatable bonds is 8. The van der Waals surface area contributed by atoms with Crippen LogP contribution in [-0.4, -0.2) is 54.7 Å². The molecule has 0 saturated heterocycles. The number of fused-ring (bicyclic) bond motifs is 1.